The van der Waals surface area contributed by atoms with E-state index in [1.807, 2.05) is 0 Å². The molecule has 202 valence electrons. The van der Waals surface area contributed by atoms with Crippen LogP contribution in [-0.4, -0.2) is 40.8 Å². The van der Waals surface area contributed by atoms with E-state index in [1.54, 1.807) is 19.2 Å². The number of benzene rings is 1. The predicted octanol–water partition coefficient (Wildman–Crippen LogP) is 5.80. The SMILES string of the molecule is CC1(C)CC(=O)C2=C(C1)N(CC1CCCCC1)C(=O)[C@@]2(NC(=O)c1cccc(C(F)(F)F)c1)C(F)(F)F. The van der Waals surface area contributed by atoms with Crippen molar-refractivity contribution < 1.29 is 40.7 Å². The highest BCUT2D eigenvalue weighted by Crippen LogP contribution is 2.52. The minimum absolute atomic E-state index is 0.0156. The first-order valence-electron chi connectivity index (χ1n) is 12.2. The van der Waals surface area contributed by atoms with E-state index in [2.05, 4.69) is 0 Å². The predicted molar refractivity (Wildman–Crippen MR) is 121 cm³/mol. The van der Waals surface area contributed by atoms with Crippen LogP contribution in [0.15, 0.2) is 35.5 Å². The number of nitrogens with zero attached hydrogens (tertiary/aromatic N) is 1. The highest BCUT2D eigenvalue weighted by molar-refractivity contribution is 6.14. The number of carbonyl (C=O) groups is 3. The zero-order valence-corrected chi connectivity index (χ0v) is 20.5. The molecule has 0 spiro atoms. The molecule has 5 nitrogen and oxygen atoms in total. The summed E-state index contributed by atoms with van der Waals surface area (Å²) in [5.41, 5.74) is -7.20. The maximum atomic E-state index is 14.9. The van der Waals surface area contributed by atoms with Gasteiger partial charge in [-0.2, -0.15) is 26.3 Å². The van der Waals surface area contributed by atoms with Crippen LogP contribution in [0.25, 0.3) is 0 Å². The van der Waals surface area contributed by atoms with E-state index < -0.39 is 57.6 Å². The Kier molecular flexibility index (Phi) is 6.73. The van der Waals surface area contributed by atoms with Crippen LogP contribution >= 0.6 is 0 Å². The molecule has 4 rings (SSSR count). The summed E-state index contributed by atoms with van der Waals surface area (Å²) in [4.78, 5) is 40.9. The fourth-order valence-corrected chi connectivity index (χ4v) is 5.73. The van der Waals surface area contributed by atoms with Crippen LogP contribution in [0.3, 0.4) is 0 Å². The molecule has 0 radical (unpaired) electrons. The van der Waals surface area contributed by atoms with Gasteiger partial charge >= 0.3 is 12.4 Å². The molecule has 1 heterocycles. The third-order valence-electron chi connectivity index (χ3n) is 7.46. The summed E-state index contributed by atoms with van der Waals surface area (Å²) in [5, 5.41) is 1.70. The van der Waals surface area contributed by atoms with Crippen molar-refractivity contribution in [2.75, 3.05) is 6.54 Å². The molecule has 0 aromatic heterocycles. The molecule has 1 N–H and O–H groups in total. The summed E-state index contributed by atoms with van der Waals surface area (Å²) in [6.45, 7) is 3.41. The van der Waals surface area contributed by atoms with Gasteiger partial charge in [0.15, 0.2) is 5.78 Å². The lowest BCUT2D eigenvalue weighted by atomic mass is 9.72. The van der Waals surface area contributed by atoms with E-state index in [9.17, 15) is 40.7 Å². The smallest absolute Gasteiger partial charge is 0.326 e. The molecule has 0 bridgehead atoms. The molecule has 1 aromatic carbocycles. The topological polar surface area (TPSA) is 66.5 Å². The number of carbonyl (C=O) groups excluding carboxylic acids is 3. The molecule has 0 saturated heterocycles. The van der Waals surface area contributed by atoms with Gasteiger partial charge in [0.25, 0.3) is 11.8 Å². The number of allylic oxidation sites excluding steroid dienone is 1. The van der Waals surface area contributed by atoms with Gasteiger partial charge in [-0.15, -0.1) is 0 Å². The largest absolute Gasteiger partial charge is 0.425 e. The number of halogens is 6. The molecule has 3 aliphatic rings. The van der Waals surface area contributed by atoms with Crippen molar-refractivity contribution in [3.05, 3.63) is 46.7 Å². The van der Waals surface area contributed by atoms with E-state index >= 15 is 0 Å². The highest BCUT2D eigenvalue weighted by Gasteiger charge is 2.71. The van der Waals surface area contributed by atoms with Gasteiger partial charge in [0.05, 0.1) is 11.1 Å². The molecule has 2 aliphatic carbocycles. The molecule has 1 saturated carbocycles. The molecule has 1 fully saturated rings. The summed E-state index contributed by atoms with van der Waals surface area (Å²) in [6, 6.07) is 2.91. The summed E-state index contributed by atoms with van der Waals surface area (Å²) in [5.74, 6) is -3.98. The van der Waals surface area contributed by atoms with Gasteiger partial charge in [-0.25, -0.2) is 0 Å². The normalized spacial score (nSPS) is 24.9. The number of amides is 2. The monoisotopic (exact) mass is 530 g/mol. The van der Waals surface area contributed by atoms with Gasteiger partial charge in [-0.3, -0.25) is 14.4 Å². The standard InChI is InChI=1S/C26H28F6N2O3/c1-23(2)12-18-20(19(35)13-23)24(26(30,31)32,22(37)34(18)14-15-7-4-3-5-8-15)33-21(36)16-9-6-10-17(11-16)25(27,28)29/h6,9-11,15H,3-5,7-8,12-14H2,1-2H3,(H,33,36)/t24-/m1/s1. The Labute approximate surface area is 210 Å². The van der Waals surface area contributed by atoms with Gasteiger partial charge in [0.1, 0.15) is 0 Å². The maximum Gasteiger partial charge on any atom is 0.425 e. The van der Waals surface area contributed by atoms with Crippen molar-refractivity contribution >= 4 is 17.6 Å². The van der Waals surface area contributed by atoms with Crippen molar-refractivity contribution in [3.8, 4) is 0 Å². The van der Waals surface area contributed by atoms with E-state index in [4.69, 9.17) is 0 Å². The molecule has 11 heteroatoms. The van der Waals surface area contributed by atoms with E-state index in [0.29, 0.717) is 12.1 Å². The maximum absolute atomic E-state index is 14.9. The number of hydrogen-bond donors (Lipinski definition) is 1. The first-order valence-corrected chi connectivity index (χ1v) is 12.2. The van der Waals surface area contributed by atoms with Crippen molar-refractivity contribution in [1.82, 2.24) is 10.2 Å². The Morgan fingerprint density at radius 1 is 1.03 bits per heavy atom. The molecule has 1 atom stereocenters. The highest BCUT2D eigenvalue weighted by atomic mass is 19.4. The third-order valence-corrected chi connectivity index (χ3v) is 7.46. The third kappa shape index (κ3) is 4.88. The Morgan fingerprint density at radius 2 is 1.68 bits per heavy atom. The molecule has 1 aliphatic heterocycles. The Hall–Kier alpha value is -2.85. The lowest BCUT2D eigenvalue weighted by Gasteiger charge is -2.35. The van der Waals surface area contributed by atoms with Crippen LogP contribution in [0.5, 0.6) is 0 Å². The van der Waals surface area contributed by atoms with Crippen LogP contribution < -0.4 is 5.32 Å². The molecule has 0 unspecified atom stereocenters. The minimum atomic E-state index is -5.42. The van der Waals surface area contributed by atoms with Crippen LogP contribution in [-0.2, 0) is 15.8 Å². The number of rotatable bonds is 4. The number of Topliss-reactive ketones (excluding diaryl/α,β-unsaturated/α-hetero) is 1. The molecular weight excluding hydrogens is 502 g/mol. The van der Waals surface area contributed by atoms with Gasteiger partial charge in [-0.1, -0.05) is 39.2 Å². The van der Waals surface area contributed by atoms with Crippen molar-refractivity contribution in [3.63, 3.8) is 0 Å². The fourth-order valence-electron chi connectivity index (χ4n) is 5.73. The second-order valence-electron chi connectivity index (χ2n) is 11.0. The van der Waals surface area contributed by atoms with Crippen molar-refractivity contribution in [2.24, 2.45) is 11.3 Å². The molecular formula is C26H28F6N2O3. The minimum Gasteiger partial charge on any atom is -0.326 e. The Bertz CT molecular complexity index is 1150. The Balaban J connectivity index is 1.81. The average Bonchev–Trinajstić information content (AvgIpc) is 3.01. The number of ketones is 1. The molecule has 2 amide bonds. The quantitative estimate of drug-likeness (QED) is 0.501. The number of alkyl halides is 6. The fraction of sp³-hybridized carbons (Fsp3) is 0.577. The molecule has 1 aromatic rings. The lowest BCUT2D eigenvalue weighted by Crippen LogP contribution is -2.66. The van der Waals surface area contributed by atoms with Crippen LogP contribution in [0.1, 0.15) is 74.7 Å². The van der Waals surface area contributed by atoms with Gasteiger partial charge in [0.2, 0.25) is 5.54 Å². The summed E-state index contributed by atoms with van der Waals surface area (Å²) >= 11 is 0. The van der Waals surface area contributed by atoms with E-state index in [-0.39, 0.29) is 31.0 Å². The number of nitrogens with one attached hydrogen (secondary N) is 1. The van der Waals surface area contributed by atoms with Gasteiger partial charge in [0, 0.05) is 24.2 Å². The van der Waals surface area contributed by atoms with Gasteiger partial charge < -0.3 is 10.2 Å². The van der Waals surface area contributed by atoms with Crippen LogP contribution in [0.2, 0.25) is 0 Å². The molecule has 37 heavy (non-hydrogen) atoms. The number of hydrogen-bond acceptors (Lipinski definition) is 3. The zero-order chi connectivity index (χ0) is 27.4. The average molecular weight is 531 g/mol. The van der Waals surface area contributed by atoms with Gasteiger partial charge in [-0.05, 0) is 48.8 Å². The van der Waals surface area contributed by atoms with E-state index in [1.165, 1.54) is 0 Å². The van der Waals surface area contributed by atoms with Crippen LogP contribution in [0.4, 0.5) is 26.3 Å². The summed E-state index contributed by atoms with van der Waals surface area (Å²) in [6.07, 6.45) is -6.32. The van der Waals surface area contributed by atoms with Crippen molar-refractivity contribution in [2.45, 2.75) is 76.7 Å². The summed E-state index contributed by atoms with van der Waals surface area (Å²) < 4.78 is 84.1. The Morgan fingerprint density at radius 3 is 2.27 bits per heavy atom. The second-order valence-corrected chi connectivity index (χ2v) is 11.0. The lowest BCUT2D eigenvalue weighted by molar-refractivity contribution is -0.191. The first kappa shape index (κ1) is 27.2. The summed E-state index contributed by atoms with van der Waals surface area (Å²) in [7, 11) is 0. The van der Waals surface area contributed by atoms with Crippen molar-refractivity contribution in [1.29, 1.82) is 0 Å². The zero-order valence-electron chi connectivity index (χ0n) is 20.5. The van der Waals surface area contributed by atoms with E-state index in [0.717, 1.165) is 49.1 Å². The van der Waals surface area contributed by atoms with Crippen LogP contribution in [0, 0.1) is 11.3 Å². The first-order chi connectivity index (χ1) is 17.1. The second kappa shape index (κ2) is 9.16.